The molecule has 2 atom stereocenters. The summed E-state index contributed by atoms with van der Waals surface area (Å²) in [6.07, 6.45) is 5.16. The van der Waals surface area contributed by atoms with Crippen LogP contribution in [-0.4, -0.2) is 63.2 Å². The Kier molecular flexibility index (Phi) is 5.67. The summed E-state index contributed by atoms with van der Waals surface area (Å²) < 4.78 is 16.3. The van der Waals surface area contributed by atoms with Crippen LogP contribution >= 0.6 is 0 Å². The molecule has 0 N–H and O–H groups in total. The molecule has 154 valence electrons. The molecule has 28 heavy (non-hydrogen) atoms. The van der Waals surface area contributed by atoms with Crippen molar-refractivity contribution in [2.75, 3.05) is 47.5 Å². The van der Waals surface area contributed by atoms with Crippen molar-refractivity contribution in [1.82, 2.24) is 9.80 Å². The highest BCUT2D eigenvalue weighted by Gasteiger charge is 2.55. The lowest BCUT2D eigenvalue weighted by Crippen LogP contribution is -2.49. The summed E-state index contributed by atoms with van der Waals surface area (Å²) in [4.78, 5) is 17.4. The average Bonchev–Trinajstić information content (AvgIpc) is 3.47. The molecule has 2 aliphatic carbocycles. The van der Waals surface area contributed by atoms with Crippen molar-refractivity contribution in [3.8, 4) is 17.2 Å². The Morgan fingerprint density at radius 2 is 1.50 bits per heavy atom. The fourth-order valence-corrected chi connectivity index (χ4v) is 5.18. The highest BCUT2D eigenvalue weighted by atomic mass is 16.5. The third-order valence-corrected chi connectivity index (χ3v) is 6.76. The van der Waals surface area contributed by atoms with Gasteiger partial charge in [0.1, 0.15) is 0 Å². The highest BCUT2D eigenvalue weighted by Crippen LogP contribution is 2.56. The quantitative estimate of drug-likeness (QED) is 0.750. The van der Waals surface area contributed by atoms with Gasteiger partial charge in [-0.2, -0.15) is 0 Å². The zero-order valence-electron chi connectivity index (χ0n) is 17.3. The predicted molar refractivity (Wildman–Crippen MR) is 107 cm³/mol. The van der Waals surface area contributed by atoms with Crippen LogP contribution < -0.4 is 14.2 Å². The molecule has 4 rings (SSSR count). The maximum atomic E-state index is 12.9. The number of benzene rings is 1. The van der Waals surface area contributed by atoms with Gasteiger partial charge in [0.25, 0.3) is 0 Å². The van der Waals surface area contributed by atoms with Gasteiger partial charge in [-0.3, -0.25) is 9.69 Å². The number of carbonyl (C=O) groups is 1. The van der Waals surface area contributed by atoms with E-state index in [1.165, 1.54) is 25.7 Å². The molecule has 0 bridgehead atoms. The van der Waals surface area contributed by atoms with Crippen LogP contribution in [0.25, 0.3) is 0 Å². The lowest BCUT2D eigenvalue weighted by Gasteiger charge is -2.35. The monoisotopic (exact) mass is 388 g/mol. The van der Waals surface area contributed by atoms with Gasteiger partial charge < -0.3 is 19.1 Å². The van der Waals surface area contributed by atoms with E-state index >= 15 is 0 Å². The Balaban J connectivity index is 1.34. The Bertz CT molecular complexity index is 677. The van der Waals surface area contributed by atoms with Crippen molar-refractivity contribution in [2.45, 2.75) is 32.2 Å². The zero-order chi connectivity index (χ0) is 19.7. The van der Waals surface area contributed by atoms with E-state index in [-0.39, 0.29) is 0 Å². The molecule has 2 saturated carbocycles. The van der Waals surface area contributed by atoms with Crippen molar-refractivity contribution in [3.63, 3.8) is 0 Å². The lowest BCUT2D eigenvalue weighted by molar-refractivity contribution is -0.135. The second-order valence-corrected chi connectivity index (χ2v) is 8.27. The average molecular weight is 389 g/mol. The fourth-order valence-electron chi connectivity index (χ4n) is 5.18. The molecule has 3 fully saturated rings. The minimum absolute atomic E-state index is 0.337. The van der Waals surface area contributed by atoms with E-state index in [1.807, 2.05) is 12.1 Å². The van der Waals surface area contributed by atoms with Gasteiger partial charge in [0.15, 0.2) is 11.5 Å². The maximum absolute atomic E-state index is 12.9. The number of hydrogen-bond acceptors (Lipinski definition) is 5. The molecule has 1 aromatic carbocycles. The van der Waals surface area contributed by atoms with Crippen LogP contribution in [0.3, 0.4) is 0 Å². The van der Waals surface area contributed by atoms with E-state index in [2.05, 4.69) is 9.80 Å². The van der Waals surface area contributed by atoms with Crippen LogP contribution in [0, 0.1) is 17.8 Å². The summed E-state index contributed by atoms with van der Waals surface area (Å²) >= 11 is 0. The number of fused-ring (bicyclic) bond motifs is 1. The lowest BCUT2D eigenvalue weighted by atomic mass is 10.0. The fraction of sp³-hybridized carbons (Fsp3) is 0.682. The Morgan fingerprint density at radius 3 is 2.00 bits per heavy atom. The molecular formula is C22H32N2O4. The molecule has 2 unspecified atom stereocenters. The number of hydrogen-bond donors (Lipinski definition) is 0. The number of ether oxygens (including phenoxy) is 3. The van der Waals surface area contributed by atoms with Gasteiger partial charge in [-0.05, 0) is 42.4 Å². The van der Waals surface area contributed by atoms with E-state index in [4.69, 9.17) is 14.2 Å². The molecule has 1 aromatic rings. The summed E-state index contributed by atoms with van der Waals surface area (Å²) in [7, 11) is 4.90. The highest BCUT2D eigenvalue weighted by molar-refractivity contribution is 5.82. The van der Waals surface area contributed by atoms with Crippen molar-refractivity contribution in [2.24, 2.45) is 17.8 Å². The second-order valence-electron chi connectivity index (χ2n) is 8.27. The third kappa shape index (κ3) is 3.66. The second kappa shape index (κ2) is 8.19. The number of methoxy groups -OCH3 is 3. The molecule has 1 heterocycles. The smallest absolute Gasteiger partial charge is 0.226 e. The first-order chi connectivity index (χ1) is 13.7. The van der Waals surface area contributed by atoms with Gasteiger partial charge in [0.05, 0.1) is 21.3 Å². The van der Waals surface area contributed by atoms with Crippen molar-refractivity contribution < 1.29 is 19.0 Å². The van der Waals surface area contributed by atoms with Gasteiger partial charge in [-0.15, -0.1) is 0 Å². The van der Waals surface area contributed by atoms with Crippen LogP contribution in [0.2, 0.25) is 0 Å². The van der Waals surface area contributed by atoms with E-state index in [1.54, 1.807) is 21.3 Å². The maximum Gasteiger partial charge on any atom is 0.226 e. The molecule has 1 aliphatic heterocycles. The van der Waals surface area contributed by atoms with Gasteiger partial charge in [-0.25, -0.2) is 0 Å². The van der Waals surface area contributed by atoms with Crippen LogP contribution in [-0.2, 0) is 11.3 Å². The van der Waals surface area contributed by atoms with Crippen molar-refractivity contribution >= 4 is 5.91 Å². The molecule has 0 aromatic heterocycles. The number of rotatable bonds is 6. The zero-order valence-corrected chi connectivity index (χ0v) is 17.3. The van der Waals surface area contributed by atoms with Gasteiger partial charge in [-0.1, -0.05) is 12.8 Å². The SMILES string of the molecule is COc1cc(CN2CCN(C(=O)C3C4CCCCC43)CC2)cc(OC)c1OC. The summed E-state index contributed by atoms with van der Waals surface area (Å²) in [5.41, 5.74) is 1.13. The minimum atomic E-state index is 0.337. The van der Waals surface area contributed by atoms with E-state index in [0.29, 0.717) is 40.9 Å². The van der Waals surface area contributed by atoms with Crippen LogP contribution in [0.1, 0.15) is 31.2 Å². The number of carbonyl (C=O) groups excluding carboxylic acids is 1. The summed E-state index contributed by atoms with van der Waals surface area (Å²) in [6, 6.07) is 4.02. The van der Waals surface area contributed by atoms with Gasteiger partial charge >= 0.3 is 0 Å². The first kappa shape index (κ1) is 19.4. The van der Waals surface area contributed by atoms with Crippen LogP contribution in [0.4, 0.5) is 0 Å². The number of nitrogens with zero attached hydrogens (tertiary/aromatic N) is 2. The van der Waals surface area contributed by atoms with E-state index in [9.17, 15) is 4.79 Å². The van der Waals surface area contributed by atoms with Gasteiger partial charge in [0.2, 0.25) is 11.7 Å². The summed E-state index contributed by atoms with van der Waals surface area (Å²) in [5, 5.41) is 0. The standard InChI is InChI=1S/C22H32N2O4/c1-26-18-12-15(13-19(27-2)21(18)28-3)14-23-8-10-24(11-9-23)22(25)20-16-6-4-5-7-17(16)20/h12-13,16-17,20H,4-11,14H2,1-3H3. The Hall–Kier alpha value is -1.95. The third-order valence-electron chi connectivity index (χ3n) is 6.76. The van der Waals surface area contributed by atoms with Gasteiger partial charge in [0, 0.05) is 38.6 Å². The van der Waals surface area contributed by atoms with Crippen LogP contribution in [0.5, 0.6) is 17.2 Å². The number of amides is 1. The predicted octanol–water partition coefficient (Wildman–Crippen LogP) is 2.79. The van der Waals surface area contributed by atoms with E-state index in [0.717, 1.165) is 38.3 Å². The Labute approximate surface area is 167 Å². The molecule has 1 saturated heterocycles. The number of piperazine rings is 1. The minimum Gasteiger partial charge on any atom is -0.493 e. The molecule has 0 radical (unpaired) electrons. The summed E-state index contributed by atoms with van der Waals surface area (Å²) in [6.45, 7) is 4.29. The molecule has 3 aliphatic rings. The normalized spacial score (nSPS) is 27.1. The largest absolute Gasteiger partial charge is 0.493 e. The van der Waals surface area contributed by atoms with Crippen LogP contribution in [0.15, 0.2) is 12.1 Å². The Morgan fingerprint density at radius 1 is 0.929 bits per heavy atom. The molecule has 6 nitrogen and oxygen atoms in total. The summed E-state index contributed by atoms with van der Waals surface area (Å²) in [5.74, 6) is 4.13. The topological polar surface area (TPSA) is 51.2 Å². The van der Waals surface area contributed by atoms with E-state index < -0.39 is 0 Å². The molecule has 6 heteroatoms. The molecule has 0 spiro atoms. The first-order valence-electron chi connectivity index (χ1n) is 10.5. The van der Waals surface area contributed by atoms with Crippen molar-refractivity contribution in [1.29, 1.82) is 0 Å². The van der Waals surface area contributed by atoms with Crippen molar-refractivity contribution in [3.05, 3.63) is 17.7 Å². The molecular weight excluding hydrogens is 356 g/mol. The first-order valence-corrected chi connectivity index (χ1v) is 10.5. The molecule has 1 amide bonds.